The molecule has 0 radical (unpaired) electrons. The van der Waals surface area contributed by atoms with E-state index in [1.54, 1.807) is 0 Å². The lowest BCUT2D eigenvalue weighted by molar-refractivity contribution is 0.158. The zero-order valence-corrected chi connectivity index (χ0v) is 7.50. The highest BCUT2D eigenvalue weighted by Gasteiger charge is 2.30. The summed E-state index contributed by atoms with van der Waals surface area (Å²) in [4.78, 5) is 2.43. The van der Waals surface area contributed by atoms with E-state index in [4.69, 9.17) is 5.11 Å². The molecule has 0 spiro atoms. The molecule has 0 amide bonds. The van der Waals surface area contributed by atoms with E-state index in [-0.39, 0.29) is 0 Å². The summed E-state index contributed by atoms with van der Waals surface area (Å²) < 4.78 is 0. The van der Waals surface area contributed by atoms with Gasteiger partial charge in [-0.1, -0.05) is 0 Å². The van der Waals surface area contributed by atoms with Crippen molar-refractivity contribution in [1.29, 1.82) is 0 Å². The molecule has 0 aromatic heterocycles. The van der Waals surface area contributed by atoms with Crippen molar-refractivity contribution < 1.29 is 5.11 Å². The van der Waals surface area contributed by atoms with Gasteiger partial charge in [0.2, 0.25) is 0 Å². The molecule has 1 saturated carbocycles. The molecule has 2 unspecified atom stereocenters. The van der Waals surface area contributed by atoms with Gasteiger partial charge in [0.25, 0.3) is 0 Å². The van der Waals surface area contributed by atoms with E-state index in [1.807, 2.05) is 0 Å². The van der Waals surface area contributed by atoms with E-state index >= 15 is 0 Å². The van der Waals surface area contributed by atoms with E-state index in [1.165, 1.54) is 19.3 Å². The maximum atomic E-state index is 8.88. The minimum atomic E-state index is 0.307. The molecule has 2 rings (SSSR count). The van der Waals surface area contributed by atoms with Crippen LogP contribution in [-0.2, 0) is 0 Å². The maximum Gasteiger partial charge on any atom is 0.0558 e. The number of aliphatic hydroxyl groups excluding tert-OH is 1. The highest BCUT2D eigenvalue weighted by atomic mass is 16.3. The summed E-state index contributed by atoms with van der Waals surface area (Å²) in [5.74, 6) is 0. The van der Waals surface area contributed by atoms with Crippen LogP contribution in [0, 0.1) is 0 Å². The van der Waals surface area contributed by atoms with Crippen molar-refractivity contribution in [3.63, 3.8) is 0 Å². The molecular formula is C9H18N2O. The fourth-order valence-corrected chi connectivity index (χ4v) is 2.49. The topological polar surface area (TPSA) is 35.5 Å². The SMILES string of the molecule is OCCN1CCNC2CCC1C2. The smallest absolute Gasteiger partial charge is 0.0558 e. The van der Waals surface area contributed by atoms with Crippen LogP contribution in [0.5, 0.6) is 0 Å². The van der Waals surface area contributed by atoms with Gasteiger partial charge in [-0.2, -0.15) is 0 Å². The Bertz CT molecular complexity index is 151. The Labute approximate surface area is 73.8 Å². The molecule has 3 heteroatoms. The van der Waals surface area contributed by atoms with Crippen molar-refractivity contribution in [1.82, 2.24) is 10.2 Å². The molecule has 12 heavy (non-hydrogen) atoms. The standard InChI is InChI=1S/C9H18N2O/c12-6-5-11-4-3-10-8-1-2-9(11)7-8/h8-10,12H,1-7H2. The van der Waals surface area contributed by atoms with Gasteiger partial charge in [-0.15, -0.1) is 0 Å². The van der Waals surface area contributed by atoms with Crippen LogP contribution in [0.15, 0.2) is 0 Å². The van der Waals surface area contributed by atoms with Gasteiger partial charge < -0.3 is 10.4 Å². The van der Waals surface area contributed by atoms with E-state index in [0.717, 1.165) is 31.7 Å². The van der Waals surface area contributed by atoms with E-state index in [9.17, 15) is 0 Å². The first-order valence-electron chi connectivity index (χ1n) is 4.98. The van der Waals surface area contributed by atoms with Crippen molar-refractivity contribution in [2.75, 3.05) is 26.2 Å². The predicted molar refractivity (Wildman–Crippen MR) is 48.1 cm³/mol. The molecule has 2 fully saturated rings. The first kappa shape index (κ1) is 8.48. The van der Waals surface area contributed by atoms with Crippen molar-refractivity contribution in [2.24, 2.45) is 0 Å². The van der Waals surface area contributed by atoms with E-state index in [2.05, 4.69) is 10.2 Å². The van der Waals surface area contributed by atoms with Crippen LogP contribution in [0.3, 0.4) is 0 Å². The van der Waals surface area contributed by atoms with Crippen molar-refractivity contribution in [2.45, 2.75) is 31.3 Å². The Morgan fingerprint density at radius 2 is 2.33 bits per heavy atom. The Morgan fingerprint density at radius 1 is 1.42 bits per heavy atom. The molecule has 1 aliphatic carbocycles. The average Bonchev–Trinajstić information content (AvgIpc) is 2.41. The number of nitrogens with zero attached hydrogens (tertiary/aromatic N) is 1. The maximum absolute atomic E-state index is 8.88. The average molecular weight is 170 g/mol. The molecule has 2 bridgehead atoms. The molecule has 2 atom stereocenters. The Balaban J connectivity index is 1.94. The van der Waals surface area contributed by atoms with E-state index in [0.29, 0.717) is 6.61 Å². The quantitative estimate of drug-likeness (QED) is 0.603. The first-order chi connectivity index (χ1) is 5.90. The highest BCUT2D eigenvalue weighted by Crippen LogP contribution is 2.25. The number of hydrogen-bond acceptors (Lipinski definition) is 3. The summed E-state index contributed by atoms with van der Waals surface area (Å²) in [5, 5.41) is 12.4. The molecule has 1 aliphatic heterocycles. The molecule has 0 aromatic carbocycles. The van der Waals surface area contributed by atoms with Gasteiger partial charge in [-0.25, -0.2) is 0 Å². The molecular weight excluding hydrogens is 152 g/mol. The van der Waals surface area contributed by atoms with Crippen LogP contribution in [0.25, 0.3) is 0 Å². The second-order valence-corrected chi connectivity index (χ2v) is 3.88. The van der Waals surface area contributed by atoms with Crippen LogP contribution >= 0.6 is 0 Å². The third-order valence-electron chi connectivity index (χ3n) is 3.14. The molecule has 2 N–H and O–H groups in total. The number of fused-ring (bicyclic) bond motifs is 2. The van der Waals surface area contributed by atoms with Gasteiger partial charge in [-0.3, -0.25) is 4.90 Å². The van der Waals surface area contributed by atoms with Crippen LogP contribution in [0.2, 0.25) is 0 Å². The fourth-order valence-electron chi connectivity index (χ4n) is 2.49. The van der Waals surface area contributed by atoms with E-state index < -0.39 is 0 Å². The molecule has 70 valence electrons. The normalized spacial score (nSPS) is 36.8. The summed E-state index contributed by atoms with van der Waals surface area (Å²) in [5.41, 5.74) is 0. The molecule has 2 aliphatic rings. The second kappa shape index (κ2) is 3.73. The lowest BCUT2D eigenvalue weighted by Crippen LogP contribution is -2.38. The van der Waals surface area contributed by atoms with Crippen molar-refractivity contribution in [3.8, 4) is 0 Å². The summed E-state index contributed by atoms with van der Waals surface area (Å²) in [6.07, 6.45) is 3.93. The van der Waals surface area contributed by atoms with Crippen molar-refractivity contribution >= 4 is 0 Å². The van der Waals surface area contributed by atoms with Crippen LogP contribution in [-0.4, -0.2) is 48.3 Å². The largest absolute Gasteiger partial charge is 0.395 e. The molecule has 3 nitrogen and oxygen atoms in total. The second-order valence-electron chi connectivity index (χ2n) is 3.88. The van der Waals surface area contributed by atoms with Gasteiger partial charge in [0.1, 0.15) is 0 Å². The number of β-amino-alcohol motifs (C(OH)–C–C–N with tert-alkyl or cyclic N) is 1. The Morgan fingerprint density at radius 3 is 3.17 bits per heavy atom. The van der Waals surface area contributed by atoms with Gasteiger partial charge in [0, 0.05) is 31.7 Å². The zero-order valence-electron chi connectivity index (χ0n) is 7.50. The number of nitrogens with one attached hydrogen (secondary N) is 1. The minimum Gasteiger partial charge on any atom is -0.395 e. The molecule has 1 saturated heterocycles. The Hall–Kier alpha value is -0.120. The van der Waals surface area contributed by atoms with Crippen molar-refractivity contribution in [3.05, 3.63) is 0 Å². The zero-order chi connectivity index (χ0) is 8.39. The van der Waals surface area contributed by atoms with Gasteiger partial charge >= 0.3 is 0 Å². The predicted octanol–water partition coefficient (Wildman–Crippen LogP) is -0.195. The number of aliphatic hydroxyl groups is 1. The lowest BCUT2D eigenvalue weighted by Gasteiger charge is -2.26. The lowest BCUT2D eigenvalue weighted by atomic mass is 10.2. The van der Waals surface area contributed by atoms with Gasteiger partial charge in [0.15, 0.2) is 0 Å². The van der Waals surface area contributed by atoms with Crippen LogP contribution < -0.4 is 5.32 Å². The summed E-state index contributed by atoms with van der Waals surface area (Å²) >= 11 is 0. The third kappa shape index (κ3) is 1.63. The fraction of sp³-hybridized carbons (Fsp3) is 1.00. The first-order valence-corrected chi connectivity index (χ1v) is 4.98. The van der Waals surface area contributed by atoms with Gasteiger partial charge in [0.05, 0.1) is 6.61 Å². The number of hydrogen-bond donors (Lipinski definition) is 2. The summed E-state index contributed by atoms with van der Waals surface area (Å²) in [6.45, 7) is 3.38. The monoisotopic (exact) mass is 170 g/mol. The van der Waals surface area contributed by atoms with Crippen LogP contribution in [0.4, 0.5) is 0 Å². The summed E-state index contributed by atoms with van der Waals surface area (Å²) in [7, 11) is 0. The minimum absolute atomic E-state index is 0.307. The number of rotatable bonds is 2. The molecule has 0 aromatic rings. The Kier molecular flexibility index (Phi) is 2.63. The third-order valence-corrected chi connectivity index (χ3v) is 3.14. The van der Waals surface area contributed by atoms with Crippen LogP contribution in [0.1, 0.15) is 19.3 Å². The van der Waals surface area contributed by atoms with Gasteiger partial charge in [-0.05, 0) is 19.3 Å². The summed E-state index contributed by atoms with van der Waals surface area (Å²) in [6, 6.07) is 1.51. The molecule has 1 heterocycles. The highest BCUT2D eigenvalue weighted by molar-refractivity contribution is 4.89.